The Morgan fingerprint density at radius 2 is 1.74 bits per heavy atom. The second-order valence-electron chi connectivity index (χ2n) is 6.01. The molecule has 6 nitrogen and oxygen atoms in total. The van der Waals surface area contributed by atoms with Crippen molar-refractivity contribution in [1.82, 2.24) is 4.90 Å². The Bertz CT molecular complexity index is 821. The van der Waals surface area contributed by atoms with Crippen LogP contribution in [0.2, 0.25) is 5.02 Å². The molecule has 0 fully saturated rings. The van der Waals surface area contributed by atoms with Crippen molar-refractivity contribution in [1.29, 1.82) is 0 Å². The van der Waals surface area contributed by atoms with Crippen LogP contribution < -0.4 is 5.32 Å². The number of carbonyl (C=O) groups excluding carboxylic acids is 2. The topological polar surface area (TPSA) is 86.7 Å². The Kier molecular flexibility index (Phi) is 7.37. The van der Waals surface area contributed by atoms with Gasteiger partial charge >= 0.3 is 5.97 Å². The molecule has 0 aliphatic carbocycles. The van der Waals surface area contributed by atoms with E-state index >= 15 is 0 Å². The normalized spacial score (nSPS) is 10.3. The molecule has 0 saturated heterocycles. The number of hydrogen-bond donors (Lipinski definition) is 2. The van der Waals surface area contributed by atoms with Crippen LogP contribution in [0.3, 0.4) is 0 Å². The first-order chi connectivity index (χ1) is 12.9. The molecule has 2 N–H and O–H groups in total. The molecule has 0 heterocycles. The monoisotopic (exact) mass is 388 g/mol. The summed E-state index contributed by atoms with van der Waals surface area (Å²) in [6, 6.07) is 13.0. The zero-order valence-electron chi connectivity index (χ0n) is 14.9. The van der Waals surface area contributed by atoms with Crippen LogP contribution in [-0.4, -0.2) is 40.9 Å². The van der Waals surface area contributed by atoms with E-state index in [1.807, 2.05) is 6.92 Å². The minimum absolute atomic E-state index is 0.0727. The van der Waals surface area contributed by atoms with Gasteiger partial charge < -0.3 is 15.3 Å². The van der Waals surface area contributed by atoms with Crippen LogP contribution in [0.15, 0.2) is 48.5 Å². The Balaban J connectivity index is 2.05. The summed E-state index contributed by atoms with van der Waals surface area (Å²) in [4.78, 5) is 37.7. The lowest BCUT2D eigenvalue weighted by Crippen LogP contribution is -2.39. The van der Waals surface area contributed by atoms with Gasteiger partial charge in [-0.05, 0) is 42.3 Å². The average Bonchev–Trinajstić information content (AvgIpc) is 2.63. The predicted molar refractivity (Wildman–Crippen MR) is 104 cm³/mol. The van der Waals surface area contributed by atoms with Gasteiger partial charge in [0.15, 0.2) is 0 Å². The number of aromatic carboxylic acids is 1. The molecule has 142 valence electrons. The van der Waals surface area contributed by atoms with Crippen LogP contribution >= 0.6 is 11.6 Å². The number of benzene rings is 2. The molecule has 2 aromatic rings. The molecule has 0 aliphatic rings. The van der Waals surface area contributed by atoms with Crippen molar-refractivity contribution in [3.8, 4) is 0 Å². The first kappa shape index (κ1) is 20.5. The number of carboxylic acids is 1. The van der Waals surface area contributed by atoms with Gasteiger partial charge in [-0.1, -0.05) is 36.7 Å². The predicted octanol–water partition coefficient (Wildman–Crippen LogP) is 3.46. The van der Waals surface area contributed by atoms with E-state index in [0.29, 0.717) is 29.2 Å². The molecule has 0 aliphatic heterocycles. The Morgan fingerprint density at radius 3 is 2.37 bits per heavy atom. The largest absolute Gasteiger partial charge is 0.478 e. The molecular weight excluding hydrogens is 368 g/mol. The van der Waals surface area contributed by atoms with Crippen molar-refractivity contribution in [3.05, 3.63) is 64.7 Å². The molecule has 27 heavy (non-hydrogen) atoms. The second kappa shape index (κ2) is 9.73. The number of halogens is 1. The third kappa shape index (κ3) is 6.11. The van der Waals surface area contributed by atoms with Gasteiger partial charge in [0.1, 0.15) is 0 Å². The smallest absolute Gasteiger partial charge is 0.335 e. The van der Waals surface area contributed by atoms with Crippen LogP contribution in [0.25, 0.3) is 0 Å². The summed E-state index contributed by atoms with van der Waals surface area (Å²) >= 11 is 5.82. The van der Waals surface area contributed by atoms with Gasteiger partial charge in [-0.2, -0.15) is 0 Å². The molecule has 2 amide bonds. The van der Waals surface area contributed by atoms with E-state index in [2.05, 4.69) is 5.32 Å². The minimum Gasteiger partial charge on any atom is -0.478 e. The minimum atomic E-state index is -1.08. The molecule has 7 heteroatoms. The van der Waals surface area contributed by atoms with Crippen molar-refractivity contribution in [2.24, 2.45) is 0 Å². The summed E-state index contributed by atoms with van der Waals surface area (Å²) in [5, 5.41) is 12.5. The van der Waals surface area contributed by atoms with Crippen molar-refractivity contribution >= 4 is 35.1 Å². The second-order valence-corrected chi connectivity index (χ2v) is 6.45. The molecule has 0 spiro atoms. The lowest BCUT2D eigenvalue weighted by Gasteiger charge is -2.22. The highest BCUT2D eigenvalue weighted by Crippen LogP contribution is 2.14. The molecular formula is C20H21ClN2O4. The number of hydrogen-bond acceptors (Lipinski definition) is 3. The van der Waals surface area contributed by atoms with E-state index in [-0.39, 0.29) is 30.3 Å². The fourth-order valence-corrected chi connectivity index (χ4v) is 2.75. The van der Waals surface area contributed by atoms with E-state index < -0.39 is 5.97 Å². The number of amides is 2. The summed E-state index contributed by atoms with van der Waals surface area (Å²) in [5.41, 5.74) is 1.10. The zero-order chi connectivity index (χ0) is 19.8. The molecule has 0 bridgehead atoms. The van der Waals surface area contributed by atoms with Gasteiger partial charge in [0.2, 0.25) is 11.8 Å². The summed E-state index contributed by atoms with van der Waals surface area (Å²) in [5.74, 6) is -1.71. The number of nitrogens with zero attached hydrogens (tertiary/aromatic N) is 1. The van der Waals surface area contributed by atoms with E-state index in [1.54, 1.807) is 42.5 Å². The Hall–Kier alpha value is -2.86. The summed E-state index contributed by atoms with van der Waals surface area (Å²) in [6.45, 7) is 2.20. The van der Waals surface area contributed by atoms with Crippen LogP contribution in [0.5, 0.6) is 0 Å². The van der Waals surface area contributed by atoms with Gasteiger partial charge in [0.25, 0.3) is 0 Å². The molecule has 2 aromatic carbocycles. The van der Waals surface area contributed by atoms with E-state index in [9.17, 15) is 19.5 Å². The van der Waals surface area contributed by atoms with Gasteiger partial charge in [-0.15, -0.1) is 0 Å². The van der Waals surface area contributed by atoms with Crippen LogP contribution in [0, 0.1) is 0 Å². The third-order valence-corrected chi connectivity index (χ3v) is 4.15. The zero-order valence-corrected chi connectivity index (χ0v) is 15.7. The average molecular weight is 389 g/mol. The summed E-state index contributed by atoms with van der Waals surface area (Å²) in [7, 11) is 0. The summed E-state index contributed by atoms with van der Waals surface area (Å²) in [6.07, 6.45) is 0.608. The van der Waals surface area contributed by atoms with Gasteiger partial charge in [-0.3, -0.25) is 9.59 Å². The first-order valence-corrected chi connectivity index (χ1v) is 8.93. The van der Waals surface area contributed by atoms with Gasteiger partial charge in [0, 0.05) is 17.3 Å². The molecule has 0 atom stereocenters. The van der Waals surface area contributed by atoms with Crippen LogP contribution in [0.4, 0.5) is 5.69 Å². The number of anilines is 1. The van der Waals surface area contributed by atoms with Crippen LogP contribution in [0.1, 0.15) is 29.3 Å². The van der Waals surface area contributed by atoms with Gasteiger partial charge in [0.05, 0.1) is 18.5 Å². The number of carboxylic acid groups (broad SMARTS) is 1. The van der Waals surface area contributed by atoms with Crippen molar-refractivity contribution in [2.75, 3.05) is 18.4 Å². The number of carbonyl (C=O) groups is 3. The van der Waals surface area contributed by atoms with Crippen molar-refractivity contribution in [2.45, 2.75) is 19.8 Å². The maximum Gasteiger partial charge on any atom is 0.335 e. The fourth-order valence-electron chi connectivity index (χ4n) is 2.63. The molecule has 2 rings (SSSR count). The highest BCUT2D eigenvalue weighted by atomic mass is 35.5. The maximum absolute atomic E-state index is 12.6. The van der Waals surface area contributed by atoms with Crippen LogP contribution in [-0.2, 0) is 16.0 Å². The molecule has 0 aromatic heterocycles. The van der Waals surface area contributed by atoms with E-state index in [0.717, 1.165) is 0 Å². The number of nitrogens with one attached hydrogen (secondary N) is 1. The number of rotatable bonds is 8. The molecule has 0 radical (unpaired) electrons. The molecule has 0 saturated carbocycles. The standard InChI is InChI=1S/C20H21ClN2O4/c1-2-11-23(13-18(24)22-16-9-7-15(21)8-10-16)19(25)12-14-5-3-4-6-17(14)20(26)27/h3-10H,2,11-13H2,1H3,(H,22,24)(H,26,27). The third-order valence-electron chi connectivity index (χ3n) is 3.90. The highest BCUT2D eigenvalue weighted by Gasteiger charge is 2.19. The Labute approximate surface area is 162 Å². The highest BCUT2D eigenvalue weighted by molar-refractivity contribution is 6.30. The van der Waals surface area contributed by atoms with Crippen molar-refractivity contribution < 1.29 is 19.5 Å². The first-order valence-electron chi connectivity index (χ1n) is 8.55. The summed E-state index contributed by atoms with van der Waals surface area (Å²) < 4.78 is 0. The quantitative estimate of drug-likeness (QED) is 0.725. The fraction of sp³-hybridized carbons (Fsp3) is 0.250. The maximum atomic E-state index is 12.6. The van der Waals surface area contributed by atoms with Crippen molar-refractivity contribution in [3.63, 3.8) is 0 Å². The molecule has 0 unspecified atom stereocenters. The van der Waals surface area contributed by atoms with E-state index in [1.165, 1.54) is 11.0 Å². The Morgan fingerprint density at radius 1 is 1.07 bits per heavy atom. The van der Waals surface area contributed by atoms with Gasteiger partial charge in [-0.25, -0.2) is 4.79 Å². The lowest BCUT2D eigenvalue weighted by atomic mass is 10.0. The SMILES string of the molecule is CCCN(CC(=O)Nc1ccc(Cl)cc1)C(=O)Cc1ccccc1C(=O)O. The van der Waals surface area contributed by atoms with E-state index in [4.69, 9.17) is 11.6 Å². The lowest BCUT2D eigenvalue weighted by molar-refractivity contribution is -0.134.